The monoisotopic (exact) mass is 206 g/mol. The molecule has 0 aromatic carbocycles. The number of hydrogen-bond donors (Lipinski definition) is 1. The summed E-state index contributed by atoms with van der Waals surface area (Å²) in [5, 5.41) is 3.15. The molecule has 1 N–H and O–H groups in total. The van der Waals surface area contributed by atoms with Crippen molar-refractivity contribution in [3.63, 3.8) is 0 Å². The second-order valence-electron chi connectivity index (χ2n) is 4.41. The molecule has 0 aromatic heterocycles. The average Bonchev–Trinajstić information content (AvgIpc) is 1.96. The molecule has 0 atom stereocenters. The van der Waals surface area contributed by atoms with Gasteiger partial charge in [-0.15, -0.1) is 0 Å². The Morgan fingerprint density at radius 1 is 1.38 bits per heavy atom. The molecule has 1 aliphatic heterocycles. The van der Waals surface area contributed by atoms with E-state index in [1.54, 1.807) is 7.05 Å². The minimum absolute atomic E-state index is 0.0161. The Balaban J connectivity index is 2.79. The van der Waals surface area contributed by atoms with Crippen LogP contribution >= 0.6 is 0 Å². The van der Waals surface area contributed by atoms with Crippen LogP contribution in [0.15, 0.2) is 0 Å². The van der Waals surface area contributed by atoms with Crippen molar-refractivity contribution in [2.75, 3.05) is 32.4 Å². The van der Waals surface area contributed by atoms with Gasteiger partial charge in [0.15, 0.2) is 0 Å². The summed E-state index contributed by atoms with van der Waals surface area (Å²) in [5.74, 6) is 0.208. The number of rotatable bonds is 0. The first-order valence-corrected chi connectivity index (χ1v) is 6.09. The minimum Gasteiger partial charge on any atom is -0.315 e. The van der Waals surface area contributed by atoms with E-state index in [-0.39, 0.29) is 11.2 Å². The highest BCUT2D eigenvalue weighted by molar-refractivity contribution is 7.89. The fourth-order valence-corrected chi connectivity index (χ4v) is 2.80. The van der Waals surface area contributed by atoms with Gasteiger partial charge in [-0.2, -0.15) is 0 Å². The van der Waals surface area contributed by atoms with E-state index in [0.717, 1.165) is 6.54 Å². The van der Waals surface area contributed by atoms with Crippen molar-refractivity contribution in [1.29, 1.82) is 0 Å². The number of hydrogen-bond acceptors (Lipinski definition) is 3. The van der Waals surface area contributed by atoms with E-state index in [2.05, 4.69) is 19.2 Å². The molecule has 1 fully saturated rings. The highest BCUT2D eigenvalue weighted by atomic mass is 32.2. The molecule has 1 aliphatic rings. The molecule has 0 amide bonds. The topological polar surface area (TPSA) is 49.4 Å². The van der Waals surface area contributed by atoms with Gasteiger partial charge in [-0.05, 0) is 5.41 Å². The zero-order valence-electron chi connectivity index (χ0n) is 8.50. The lowest BCUT2D eigenvalue weighted by Gasteiger charge is -2.32. The lowest BCUT2D eigenvalue weighted by atomic mass is 9.93. The van der Waals surface area contributed by atoms with Gasteiger partial charge in [-0.25, -0.2) is 12.7 Å². The first kappa shape index (κ1) is 10.9. The molecule has 0 unspecified atom stereocenters. The van der Waals surface area contributed by atoms with Crippen LogP contribution in [-0.2, 0) is 10.0 Å². The third-order valence-corrected chi connectivity index (χ3v) is 4.06. The summed E-state index contributed by atoms with van der Waals surface area (Å²) >= 11 is 0. The van der Waals surface area contributed by atoms with Crippen molar-refractivity contribution in [2.24, 2.45) is 5.41 Å². The lowest BCUT2D eigenvalue weighted by molar-refractivity contribution is 0.265. The van der Waals surface area contributed by atoms with Crippen LogP contribution in [-0.4, -0.2) is 45.2 Å². The summed E-state index contributed by atoms with van der Waals surface area (Å²) < 4.78 is 24.5. The van der Waals surface area contributed by atoms with Gasteiger partial charge in [0.2, 0.25) is 10.0 Å². The van der Waals surface area contributed by atoms with Crippen molar-refractivity contribution in [3.05, 3.63) is 0 Å². The molecule has 0 bridgehead atoms. The Morgan fingerprint density at radius 3 is 2.62 bits per heavy atom. The van der Waals surface area contributed by atoms with E-state index in [1.807, 2.05) is 0 Å². The third kappa shape index (κ3) is 2.93. The second kappa shape index (κ2) is 3.55. The molecule has 0 aliphatic carbocycles. The average molecular weight is 206 g/mol. The smallest absolute Gasteiger partial charge is 0.215 e. The molecule has 1 heterocycles. The molecular formula is C8H18N2O2S. The zero-order chi connectivity index (χ0) is 10.1. The van der Waals surface area contributed by atoms with Gasteiger partial charge < -0.3 is 5.32 Å². The predicted molar refractivity (Wildman–Crippen MR) is 53.1 cm³/mol. The van der Waals surface area contributed by atoms with Gasteiger partial charge in [0, 0.05) is 26.7 Å². The summed E-state index contributed by atoms with van der Waals surface area (Å²) in [5.41, 5.74) is 0.0161. The van der Waals surface area contributed by atoms with Crippen LogP contribution in [0.4, 0.5) is 0 Å². The Labute approximate surface area is 80.4 Å². The first-order valence-electron chi connectivity index (χ1n) is 4.48. The van der Waals surface area contributed by atoms with Crippen molar-refractivity contribution in [2.45, 2.75) is 13.8 Å². The van der Waals surface area contributed by atoms with Crippen molar-refractivity contribution in [1.82, 2.24) is 9.62 Å². The van der Waals surface area contributed by atoms with E-state index in [1.165, 1.54) is 4.31 Å². The van der Waals surface area contributed by atoms with Gasteiger partial charge in [0.1, 0.15) is 0 Å². The Morgan fingerprint density at radius 2 is 2.00 bits per heavy atom. The lowest BCUT2D eigenvalue weighted by Crippen LogP contribution is -2.47. The number of sulfonamides is 1. The molecule has 1 rings (SSSR count). The Kier molecular flexibility index (Phi) is 2.99. The van der Waals surface area contributed by atoms with E-state index >= 15 is 0 Å². The van der Waals surface area contributed by atoms with Crippen molar-refractivity contribution < 1.29 is 8.42 Å². The molecule has 0 saturated carbocycles. The molecule has 0 spiro atoms. The maximum Gasteiger partial charge on any atom is 0.215 e. The third-order valence-electron chi connectivity index (χ3n) is 2.27. The van der Waals surface area contributed by atoms with E-state index < -0.39 is 10.0 Å². The van der Waals surface area contributed by atoms with E-state index in [0.29, 0.717) is 13.1 Å². The van der Waals surface area contributed by atoms with Gasteiger partial charge in [0.05, 0.1) is 5.75 Å². The summed E-state index contributed by atoms with van der Waals surface area (Å²) in [7, 11) is -1.37. The predicted octanol–water partition coefficient (Wildman–Crippen LogP) is -0.123. The molecule has 1 saturated heterocycles. The van der Waals surface area contributed by atoms with Crippen LogP contribution in [0.3, 0.4) is 0 Å². The molecule has 0 radical (unpaired) electrons. The standard InChI is InChI=1S/C8H18N2O2S/c1-8(2)6-9-4-5-13(11,12)10(3)7-8/h9H,4-7H2,1-3H3. The van der Waals surface area contributed by atoms with Crippen LogP contribution in [0.2, 0.25) is 0 Å². The molecule has 13 heavy (non-hydrogen) atoms. The Bertz CT molecular complexity index is 272. The van der Waals surface area contributed by atoms with Gasteiger partial charge >= 0.3 is 0 Å². The SMILES string of the molecule is CN1CC(C)(C)CNCCS1(=O)=O. The van der Waals surface area contributed by atoms with E-state index in [4.69, 9.17) is 0 Å². The fraction of sp³-hybridized carbons (Fsp3) is 1.00. The van der Waals surface area contributed by atoms with Gasteiger partial charge in [-0.3, -0.25) is 0 Å². The molecule has 0 aromatic rings. The van der Waals surface area contributed by atoms with Gasteiger partial charge in [-0.1, -0.05) is 13.8 Å². The van der Waals surface area contributed by atoms with Gasteiger partial charge in [0.25, 0.3) is 0 Å². The van der Waals surface area contributed by atoms with Crippen LogP contribution < -0.4 is 5.32 Å². The molecule has 5 heteroatoms. The summed E-state index contributed by atoms with van der Waals surface area (Å²) in [4.78, 5) is 0. The fourth-order valence-electron chi connectivity index (χ4n) is 1.54. The van der Waals surface area contributed by atoms with Crippen LogP contribution in [0, 0.1) is 5.41 Å². The number of nitrogens with one attached hydrogen (secondary N) is 1. The normalized spacial score (nSPS) is 29.2. The highest BCUT2D eigenvalue weighted by Gasteiger charge is 2.28. The quantitative estimate of drug-likeness (QED) is 0.601. The van der Waals surface area contributed by atoms with E-state index in [9.17, 15) is 8.42 Å². The minimum atomic E-state index is -3.02. The first-order chi connectivity index (χ1) is 5.83. The number of nitrogens with zero attached hydrogens (tertiary/aromatic N) is 1. The largest absolute Gasteiger partial charge is 0.315 e. The summed E-state index contributed by atoms with van der Waals surface area (Å²) in [6, 6.07) is 0. The van der Waals surface area contributed by atoms with Crippen LogP contribution in [0.1, 0.15) is 13.8 Å². The second-order valence-corrected chi connectivity index (χ2v) is 6.61. The van der Waals surface area contributed by atoms with Crippen molar-refractivity contribution >= 4 is 10.0 Å². The van der Waals surface area contributed by atoms with Crippen LogP contribution in [0.5, 0.6) is 0 Å². The maximum absolute atomic E-state index is 11.5. The highest BCUT2D eigenvalue weighted by Crippen LogP contribution is 2.18. The zero-order valence-corrected chi connectivity index (χ0v) is 9.32. The summed E-state index contributed by atoms with van der Waals surface area (Å²) in [6.45, 7) is 6.14. The summed E-state index contributed by atoms with van der Waals surface area (Å²) in [6.07, 6.45) is 0. The molecule has 4 nitrogen and oxygen atoms in total. The molecule has 78 valence electrons. The molecular weight excluding hydrogens is 188 g/mol. The maximum atomic E-state index is 11.5. The van der Waals surface area contributed by atoms with Crippen molar-refractivity contribution in [3.8, 4) is 0 Å². The van der Waals surface area contributed by atoms with Crippen LogP contribution in [0.25, 0.3) is 0 Å². The Hall–Kier alpha value is -0.130.